The van der Waals surface area contributed by atoms with Gasteiger partial charge in [0.15, 0.2) is 0 Å². The van der Waals surface area contributed by atoms with E-state index in [-0.39, 0.29) is 11.9 Å². The van der Waals surface area contributed by atoms with Crippen LogP contribution in [0.25, 0.3) is 0 Å². The molecule has 2 unspecified atom stereocenters. The van der Waals surface area contributed by atoms with Crippen molar-refractivity contribution in [3.05, 3.63) is 0 Å². The van der Waals surface area contributed by atoms with Gasteiger partial charge in [-0.15, -0.1) is 0 Å². The first-order valence-electron chi connectivity index (χ1n) is 6.31. The first-order chi connectivity index (χ1) is 8.63. The lowest BCUT2D eigenvalue weighted by molar-refractivity contribution is 0.125. The van der Waals surface area contributed by atoms with Gasteiger partial charge in [0.05, 0.1) is 11.9 Å². The highest BCUT2D eigenvalue weighted by Crippen LogP contribution is 2.23. The maximum atomic E-state index is 12.3. The van der Waals surface area contributed by atoms with Crippen molar-refractivity contribution < 1.29 is 17.9 Å². The largest absolute Gasteiger partial charge is 0.377 e. The monoisotopic (exact) mass is 274 g/mol. The van der Waals surface area contributed by atoms with Gasteiger partial charge in [-0.05, 0) is 32.1 Å². The normalized spacial score (nSPS) is 30.0. The van der Waals surface area contributed by atoms with Crippen molar-refractivity contribution in [2.24, 2.45) is 4.99 Å². The van der Waals surface area contributed by atoms with Crippen LogP contribution >= 0.6 is 0 Å². The molecule has 0 N–H and O–H groups in total. The minimum atomic E-state index is -3.40. The number of aliphatic imine (C=N–C) groups is 1. The molecular formula is C11H18N2O4S. The summed E-state index contributed by atoms with van der Waals surface area (Å²) >= 11 is 0. The van der Waals surface area contributed by atoms with Crippen LogP contribution < -0.4 is 0 Å². The van der Waals surface area contributed by atoms with Gasteiger partial charge in [-0.3, -0.25) is 0 Å². The molecule has 0 spiro atoms. The first-order valence-corrected chi connectivity index (χ1v) is 7.92. The van der Waals surface area contributed by atoms with Crippen molar-refractivity contribution in [3.8, 4) is 0 Å². The number of hydrogen-bond donors (Lipinski definition) is 0. The average Bonchev–Trinajstić information content (AvgIpc) is 2.82. The van der Waals surface area contributed by atoms with E-state index in [4.69, 9.17) is 4.74 Å². The van der Waals surface area contributed by atoms with Crippen LogP contribution in [0.5, 0.6) is 0 Å². The molecule has 0 aromatic rings. The molecule has 102 valence electrons. The van der Waals surface area contributed by atoms with Crippen LogP contribution in [0.3, 0.4) is 0 Å². The topological polar surface area (TPSA) is 76.0 Å². The Kier molecular flexibility index (Phi) is 4.50. The molecule has 18 heavy (non-hydrogen) atoms. The predicted octanol–water partition coefficient (Wildman–Crippen LogP) is 0.643. The second kappa shape index (κ2) is 5.93. The maximum absolute atomic E-state index is 12.3. The fourth-order valence-corrected chi connectivity index (χ4v) is 4.36. The van der Waals surface area contributed by atoms with Crippen molar-refractivity contribution >= 4 is 16.1 Å². The molecule has 0 bridgehead atoms. The van der Waals surface area contributed by atoms with Crippen molar-refractivity contribution in [2.45, 2.75) is 44.4 Å². The van der Waals surface area contributed by atoms with Gasteiger partial charge >= 0.3 is 0 Å². The molecule has 2 aliphatic rings. The molecule has 2 fully saturated rings. The summed E-state index contributed by atoms with van der Waals surface area (Å²) in [6.45, 7) is 1.07. The van der Waals surface area contributed by atoms with Crippen LogP contribution in [-0.4, -0.2) is 50.0 Å². The molecule has 2 rings (SSSR count). The highest BCUT2D eigenvalue weighted by molar-refractivity contribution is 7.89. The van der Waals surface area contributed by atoms with Gasteiger partial charge in [0.2, 0.25) is 16.1 Å². The zero-order valence-electron chi connectivity index (χ0n) is 10.2. The summed E-state index contributed by atoms with van der Waals surface area (Å²) in [7, 11) is -3.40. The Morgan fingerprint density at radius 2 is 2.11 bits per heavy atom. The van der Waals surface area contributed by atoms with Crippen LogP contribution in [0.1, 0.15) is 32.1 Å². The van der Waals surface area contributed by atoms with Crippen LogP contribution in [0.15, 0.2) is 4.99 Å². The lowest BCUT2D eigenvalue weighted by atomic mass is 10.1. The van der Waals surface area contributed by atoms with Gasteiger partial charge in [0, 0.05) is 13.2 Å². The standard InChI is InChI=1S/C11H18N2O4S/c14-9-12-11-5-1-2-6-13(11)18(15,16)8-10-4-3-7-17-10/h10-11H,1-8H2. The molecule has 2 atom stereocenters. The fraction of sp³-hybridized carbons (Fsp3) is 0.909. The number of ether oxygens (including phenoxy) is 1. The minimum Gasteiger partial charge on any atom is -0.377 e. The van der Waals surface area contributed by atoms with Crippen LogP contribution in [-0.2, 0) is 19.6 Å². The van der Waals surface area contributed by atoms with E-state index in [2.05, 4.69) is 4.99 Å². The zero-order valence-corrected chi connectivity index (χ0v) is 11.1. The number of piperidine rings is 1. The molecule has 0 aromatic carbocycles. The van der Waals surface area contributed by atoms with E-state index in [0.29, 0.717) is 19.6 Å². The van der Waals surface area contributed by atoms with Gasteiger partial charge in [0.1, 0.15) is 6.17 Å². The van der Waals surface area contributed by atoms with Gasteiger partial charge in [-0.2, -0.15) is 9.30 Å². The Bertz CT molecular complexity index is 424. The number of isocyanates is 1. The molecule has 2 heterocycles. The Balaban J connectivity index is 2.08. The molecule has 0 aromatic heterocycles. The molecule has 0 saturated carbocycles. The van der Waals surface area contributed by atoms with Gasteiger partial charge in [-0.25, -0.2) is 13.2 Å². The third kappa shape index (κ3) is 3.17. The van der Waals surface area contributed by atoms with E-state index < -0.39 is 16.2 Å². The van der Waals surface area contributed by atoms with E-state index in [1.54, 1.807) is 0 Å². The number of nitrogens with zero attached hydrogens (tertiary/aromatic N) is 2. The van der Waals surface area contributed by atoms with Gasteiger partial charge < -0.3 is 4.74 Å². The number of carbonyl (C=O) groups excluding carboxylic acids is 1. The molecule has 0 amide bonds. The minimum absolute atomic E-state index is 0.00211. The summed E-state index contributed by atoms with van der Waals surface area (Å²) in [4.78, 5) is 14.0. The number of rotatable bonds is 4. The molecule has 7 heteroatoms. The van der Waals surface area contributed by atoms with Gasteiger partial charge in [0.25, 0.3) is 0 Å². The van der Waals surface area contributed by atoms with E-state index in [1.807, 2.05) is 0 Å². The van der Waals surface area contributed by atoms with E-state index in [9.17, 15) is 13.2 Å². The number of sulfonamides is 1. The highest BCUT2D eigenvalue weighted by atomic mass is 32.2. The van der Waals surface area contributed by atoms with Crippen LogP contribution in [0, 0.1) is 0 Å². The second-order valence-corrected chi connectivity index (χ2v) is 6.69. The van der Waals surface area contributed by atoms with E-state index >= 15 is 0 Å². The Hall–Kier alpha value is -0.750. The summed E-state index contributed by atoms with van der Waals surface area (Å²) in [5, 5.41) is 0. The van der Waals surface area contributed by atoms with Crippen LogP contribution in [0.2, 0.25) is 0 Å². The molecule has 2 aliphatic heterocycles. The Morgan fingerprint density at radius 3 is 2.78 bits per heavy atom. The average molecular weight is 274 g/mol. The second-order valence-electron chi connectivity index (χ2n) is 4.72. The quantitative estimate of drug-likeness (QED) is 0.557. The summed E-state index contributed by atoms with van der Waals surface area (Å²) in [5.74, 6) is -0.00211. The SMILES string of the molecule is O=C=NC1CCCCN1S(=O)(=O)CC1CCCO1. The van der Waals surface area contributed by atoms with Crippen molar-refractivity contribution in [2.75, 3.05) is 18.9 Å². The molecule has 6 nitrogen and oxygen atoms in total. The lowest BCUT2D eigenvalue weighted by Gasteiger charge is -2.31. The Labute approximate surface area is 107 Å². The van der Waals surface area contributed by atoms with Crippen LogP contribution in [0.4, 0.5) is 0 Å². The zero-order chi connectivity index (χ0) is 13.0. The van der Waals surface area contributed by atoms with Crippen molar-refractivity contribution in [1.82, 2.24) is 4.31 Å². The molecule has 2 saturated heterocycles. The van der Waals surface area contributed by atoms with Crippen molar-refractivity contribution in [1.29, 1.82) is 0 Å². The smallest absolute Gasteiger partial charge is 0.236 e. The summed E-state index contributed by atoms with van der Waals surface area (Å²) in [6, 6.07) is 0. The fourth-order valence-electron chi connectivity index (χ4n) is 2.51. The number of hydrogen-bond acceptors (Lipinski definition) is 5. The summed E-state index contributed by atoms with van der Waals surface area (Å²) < 4.78 is 31.3. The van der Waals surface area contributed by atoms with E-state index in [0.717, 1.165) is 25.7 Å². The van der Waals surface area contributed by atoms with Gasteiger partial charge in [-0.1, -0.05) is 0 Å². The van der Waals surface area contributed by atoms with Crippen molar-refractivity contribution in [3.63, 3.8) is 0 Å². The third-order valence-electron chi connectivity index (χ3n) is 3.40. The highest BCUT2D eigenvalue weighted by Gasteiger charge is 2.34. The molecular weight excluding hydrogens is 256 g/mol. The lowest BCUT2D eigenvalue weighted by Crippen LogP contribution is -2.45. The molecule has 0 radical (unpaired) electrons. The van der Waals surface area contributed by atoms with E-state index in [1.165, 1.54) is 10.4 Å². The maximum Gasteiger partial charge on any atom is 0.236 e. The predicted molar refractivity (Wildman–Crippen MR) is 65.2 cm³/mol. The summed E-state index contributed by atoms with van der Waals surface area (Å²) in [6.07, 6.45) is 4.70. The summed E-state index contributed by atoms with van der Waals surface area (Å²) in [5.41, 5.74) is 0. The third-order valence-corrected chi connectivity index (χ3v) is 5.34. The molecule has 0 aliphatic carbocycles. The first kappa shape index (κ1) is 13.7. The Morgan fingerprint density at radius 1 is 1.28 bits per heavy atom.